The molecule has 0 bridgehead atoms. The summed E-state index contributed by atoms with van der Waals surface area (Å²) in [5.41, 5.74) is 6.20. The second kappa shape index (κ2) is 7.88. The summed E-state index contributed by atoms with van der Waals surface area (Å²) in [5, 5.41) is 2.29. The van der Waals surface area contributed by atoms with E-state index in [0.29, 0.717) is 5.69 Å². The average molecular weight is 294 g/mol. The zero-order valence-electron chi connectivity index (χ0n) is 11.9. The number of carbonyl (C=O) groups excluding carboxylic acids is 3. The van der Waals surface area contributed by atoms with Crippen LogP contribution in [0.5, 0.6) is 0 Å². The number of ether oxygens (including phenoxy) is 2. The van der Waals surface area contributed by atoms with Crippen LogP contribution in [0.3, 0.4) is 0 Å². The number of nitrogens with two attached hydrogens (primary N) is 1. The Balaban J connectivity index is 2.87. The van der Waals surface area contributed by atoms with Gasteiger partial charge in [0.2, 0.25) is 6.04 Å². The van der Waals surface area contributed by atoms with Gasteiger partial charge in [0, 0.05) is 11.3 Å². The van der Waals surface area contributed by atoms with E-state index in [9.17, 15) is 14.4 Å². The molecule has 0 unspecified atom stereocenters. The van der Waals surface area contributed by atoms with Gasteiger partial charge in [-0.25, -0.2) is 9.59 Å². The maximum atomic E-state index is 12.0. The number of esters is 2. The van der Waals surface area contributed by atoms with E-state index in [0.717, 1.165) is 0 Å². The summed E-state index contributed by atoms with van der Waals surface area (Å²) in [4.78, 5) is 35.5. The molecule has 0 aliphatic carbocycles. The van der Waals surface area contributed by atoms with Crippen molar-refractivity contribution < 1.29 is 23.9 Å². The van der Waals surface area contributed by atoms with Gasteiger partial charge in [-0.3, -0.25) is 4.79 Å². The molecule has 0 heterocycles. The minimum absolute atomic E-state index is 0.0862. The van der Waals surface area contributed by atoms with Crippen molar-refractivity contribution in [3.63, 3.8) is 0 Å². The topological polar surface area (TPSA) is 108 Å². The van der Waals surface area contributed by atoms with Crippen molar-refractivity contribution in [1.82, 2.24) is 5.32 Å². The first-order valence-electron chi connectivity index (χ1n) is 6.49. The Kier molecular flexibility index (Phi) is 6.19. The van der Waals surface area contributed by atoms with Gasteiger partial charge >= 0.3 is 11.9 Å². The van der Waals surface area contributed by atoms with Crippen LogP contribution in [0.4, 0.5) is 5.69 Å². The summed E-state index contributed by atoms with van der Waals surface area (Å²) in [7, 11) is 0. The summed E-state index contributed by atoms with van der Waals surface area (Å²) in [6.07, 6.45) is 0. The predicted octanol–water partition coefficient (Wildman–Crippen LogP) is 0.493. The van der Waals surface area contributed by atoms with Gasteiger partial charge in [0.15, 0.2) is 0 Å². The van der Waals surface area contributed by atoms with Gasteiger partial charge in [0.1, 0.15) is 0 Å². The van der Waals surface area contributed by atoms with Crippen LogP contribution in [0.25, 0.3) is 0 Å². The summed E-state index contributed by atoms with van der Waals surface area (Å²) in [6.45, 7) is 3.37. The third-order valence-electron chi connectivity index (χ3n) is 2.47. The standard InChI is InChI=1S/C14H18N2O5/c1-3-20-13(18)11(14(19)21-4-2)16-12(17)9-6-5-7-10(15)8-9/h5-8,11H,3-4,15H2,1-2H3,(H,16,17). The van der Waals surface area contributed by atoms with Crippen molar-refractivity contribution in [2.75, 3.05) is 18.9 Å². The first kappa shape index (κ1) is 16.5. The van der Waals surface area contributed by atoms with Crippen molar-refractivity contribution in [1.29, 1.82) is 0 Å². The summed E-state index contributed by atoms with van der Waals surface area (Å²) in [5.74, 6) is -2.35. The molecule has 21 heavy (non-hydrogen) atoms. The van der Waals surface area contributed by atoms with Gasteiger partial charge in [0.05, 0.1) is 13.2 Å². The minimum Gasteiger partial charge on any atom is -0.464 e. The maximum absolute atomic E-state index is 12.0. The van der Waals surface area contributed by atoms with Crippen LogP contribution in [-0.2, 0) is 19.1 Å². The normalized spacial score (nSPS) is 10.0. The highest BCUT2D eigenvalue weighted by Gasteiger charge is 2.31. The molecule has 0 saturated carbocycles. The van der Waals surface area contributed by atoms with Crippen LogP contribution < -0.4 is 11.1 Å². The van der Waals surface area contributed by atoms with E-state index < -0.39 is 23.9 Å². The van der Waals surface area contributed by atoms with Crippen LogP contribution in [0, 0.1) is 0 Å². The molecule has 7 nitrogen and oxygen atoms in total. The lowest BCUT2D eigenvalue weighted by atomic mass is 10.1. The highest BCUT2D eigenvalue weighted by molar-refractivity contribution is 6.05. The molecule has 0 aliphatic rings. The first-order chi connectivity index (χ1) is 9.99. The third-order valence-corrected chi connectivity index (χ3v) is 2.47. The van der Waals surface area contributed by atoms with Crippen LogP contribution in [-0.4, -0.2) is 37.1 Å². The van der Waals surface area contributed by atoms with E-state index in [2.05, 4.69) is 5.32 Å². The Hall–Kier alpha value is -2.57. The van der Waals surface area contributed by atoms with Gasteiger partial charge < -0.3 is 20.5 Å². The van der Waals surface area contributed by atoms with Gasteiger partial charge in [-0.1, -0.05) is 6.07 Å². The van der Waals surface area contributed by atoms with Crippen molar-refractivity contribution in [2.24, 2.45) is 0 Å². The van der Waals surface area contributed by atoms with E-state index in [1.807, 2.05) is 0 Å². The van der Waals surface area contributed by atoms with Gasteiger partial charge in [0.25, 0.3) is 5.91 Å². The van der Waals surface area contributed by atoms with Crippen LogP contribution in [0.15, 0.2) is 24.3 Å². The van der Waals surface area contributed by atoms with Crippen molar-refractivity contribution in [3.8, 4) is 0 Å². The Morgan fingerprint density at radius 1 is 1.14 bits per heavy atom. The molecule has 1 rings (SSSR count). The molecule has 0 spiro atoms. The molecule has 0 atom stereocenters. The fourth-order valence-electron chi connectivity index (χ4n) is 1.56. The third kappa shape index (κ3) is 4.79. The van der Waals surface area contributed by atoms with Gasteiger partial charge in [-0.15, -0.1) is 0 Å². The largest absolute Gasteiger partial charge is 0.464 e. The molecule has 7 heteroatoms. The highest BCUT2D eigenvalue weighted by Crippen LogP contribution is 2.07. The summed E-state index contributed by atoms with van der Waals surface area (Å²) < 4.78 is 9.51. The second-order valence-corrected chi connectivity index (χ2v) is 4.04. The zero-order chi connectivity index (χ0) is 15.8. The Bertz CT molecular complexity index is 512. The van der Waals surface area contributed by atoms with E-state index in [4.69, 9.17) is 15.2 Å². The number of nitrogen functional groups attached to an aromatic ring is 1. The van der Waals surface area contributed by atoms with Gasteiger partial charge in [-0.2, -0.15) is 0 Å². The molecule has 1 aromatic rings. The molecule has 0 radical (unpaired) electrons. The van der Waals surface area contributed by atoms with Crippen LogP contribution >= 0.6 is 0 Å². The Morgan fingerprint density at radius 3 is 2.19 bits per heavy atom. The number of rotatable bonds is 6. The van der Waals surface area contributed by atoms with Gasteiger partial charge in [-0.05, 0) is 32.0 Å². The van der Waals surface area contributed by atoms with Crippen molar-refractivity contribution in [3.05, 3.63) is 29.8 Å². The summed E-state index contributed by atoms with van der Waals surface area (Å²) in [6, 6.07) is 4.65. The second-order valence-electron chi connectivity index (χ2n) is 4.04. The summed E-state index contributed by atoms with van der Waals surface area (Å²) >= 11 is 0. The fourth-order valence-corrected chi connectivity index (χ4v) is 1.56. The Morgan fingerprint density at radius 2 is 1.71 bits per heavy atom. The smallest absolute Gasteiger partial charge is 0.340 e. The number of nitrogens with one attached hydrogen (secondary N) is 1. The van der Waals surface area contributed by atoms with E-state index >= 15 is 0 Å². The average Bonchev–Trinajstić information content (AvgIpc) is 2.44. The molecule has 114 valence electrons. The number of carbonyl (C=O) groups is 3. The lowest BCUT2D eigenvalue weighted by Crippen LogP contribution is -2.48. The number of amides is 1. The zero-order valence-corrected chi connectivity index (χ0v) is 11.9. The molecule has 0 aromatic heterocycles. The lowest BCUT2D eigenvalue weighted by Gasteiger charge is -2.16. The highest BCUT2D eigenvalue weighted by atomic mass is 16.6. The quantitative estimate of drug-likeness (QED) is 0.449. The predicted molar refractivity (Wildman–Crippen MR) is 75.4 cm³/mol. The molecular weight excluding hydrogens is 276 g/mol. The lowest BCUT2D eigenvalue weighted by molar-refractivity contribution is -0.157. The minimum atomic E-state index is -1.50. The first-order valence-corrected chi connectivity index (χ1v) is 6.49. The molecule has 0 saturated heterocycles. The molecule has 1 aromatic carbocycles. The van der Waals surface area contributed by atoms with Crippen LogP contribution in [0.1, 0.15) is 24.2 Å². The number of anilines is 1. The van der Waals surface area contributed by atoms with E-state index in [-0.39, 0.29) is 18.8 Å². The van der Waals surface area contributed by atoms with E-state index in [1.54, 1.807) is 26.0 Å². The molecule has 0 fully saturated rings. The van der Waals surface area contributed by atoms with Crippen LogP contribution in [0.2, 0.25) is 0 Å². The van der Waals surface area contributed by atoms with E-state index in [1.165, 1.54) is 12.1 Å². The fraction of sp³-hybridized carbons (Fsp3) is 0.357. The van der Waals surface area contributed by atoms with Crippen molar-refractivity contribution in [2.45, 2.75) is 19.9 Å². The monoisotopic (exact) mass is 294 g/mol. The molecule has 0 aliphatic heterocycles. The maximum Gasteiger partial charge on any atom is 0.340 e. The number of hydrogen-bond donors (Lipinski definition) is 2. The molecule has 3 N–H and O–H groups in total. The molecule has 1 amide bonds. The molecular formula is C14H18N2O5. The Labute approximate surface area is 122 Å². The number of benzene rings is 1. The SMILES string of the molecule is CCOC(=O)C(NC(=O)c1cccc(N)c1)C(=O)OCC. The van der Waals surface area contributed by atoms with Crippen molar-refractivity contribution >= 4 is 23.5 Å². The number of hydrogen-bond acceptors (Lipinski definition) is 6.